The number of alkyl carbamates (subject to hydrolysis) is 1. The predicted molar refractivity (Wildman–Crippen MR) is 70.9 cm³/mol. The van der Waals surface area contributed by atoms with E-state index >= 15 is 0 Å². The van der Waals surface area contributed by atoms with Crippen LogP contribution >= 0.6 is 0 Å². The van der Waals surface area contributed by atoms with E-state index in [2.05, 4.69) is 5.32 Å². The highest BCUT2D eigenvalue weighted by molar-refractivity contribution is 5.67. The minimum Gasteiger partial charge on any atom is -0.486 e. The molecule has 0 aromatic heterocycles. The van der Waals surface area contributed by atoms with E-state index in [0.29, 0.717) is 26.4 Å². The summed E-state index contributed by atoms with van der Waals surface area (Å²) >= 11 is 0. The Hall–Kier alpha value is -1.91. The number of carbonyl (C=O) groups excluding carboxylic acids is 1. The van der Waals surface area contributed by atoms with Gasteiger partial charge in [-0.25, -0.2) is 4.79 Å². The first kappa shape index (κ1) is 13.5. The third kappa shape index (κ3) is 3.53. The van der Waals surface area contributed by atoms with Crippen LogP contribution in [0.3, 0.4) is 0 Å². The summed E-state index contributed by atoms with van der Waals surface area (Å²) in [5.41, 5.74) is 2.27. The number of nitrogens with one attached hydrogen (secondary N) is 1. The van der Waals surface area contributed by atoms with Crippen LogP contribution in [0.5, 0.6) is 11.5 Å². The molecule has 1 aliphatic heterocycles. The highest BCUT2D eigenvalue weighted by Gasteiger charge is 2.14. The van der Waals surface area contributed by atoms with Crippen molar-refractivity contribution >= 4 is 6.09 Å². The SMILES string of the molecule is CCOC(=O)NCCc1cc2c(cc1C)OCCO2. The number of hydrogen-bond acceptors (Lipinski definition) is 4. The van der Waals surface area contributed by atoms with Gasteiger partial charge in [-0.3, -0.25) is 0 Å². The summed E-state index contributed by atoms with van der Waals surface area (Å²) in [6.07, 6.45) is 0.360. The van der Waals surface area contributed by atoms with Crippen LogP contribution in [0, 0.1) is 6.92 Å². The van der Waals surface area contributed by atoms with Gasteiger partial charge in [-0.15, -0.1) is 0 Å². The molecule has 1 aromatic carbocycles. The molecule has 0 saturated carbocycles. The van der Waals surface area contributed by atoms with E-state index in [1.54, 1.807) is 6.92 Å². The number of amides is 1. The van der Waals surface area contributed by atoms with E-state index in [9.17, 15) is 4.79 Å². The van der Waals surface area contributed by atoms with Crippen molar-refractivity contribution in [3.63, 3.8) is 0 Å². The molecule has 0 radical (unpaired) electrons. The third-order valence-corrected chi connectivity index (χ3v) is 2.94. The lowest BCUT2D eigenvalue weighted by molar-refractivity contribution is 0.152. The van der Waals surface area contributed by atoms with E-state index in [0.717, 1.165) is 29.0 Å². The fourth-order valence-electron chi connectivity index (χ4n) is 1.98. The second kappa shape index (κ2) is 6.31. The summed E-state index contributed by atoms with van der Waals surface area (Å²) in [7, 11) is 0. The van der Waals surface area contributed by atoms with Crippen molar-refractivity contribution in [3.8, 4) is 11.5 Å². The molecule has 0 saturated heterocycles. The molecule has 1 heterocycles. The Labute approximate surface area is 112 Å². The van der Waals surface area contributed by atoms with Gasteiger partial charge in [0, 0.05) is 6.54 Å². The lowest BCUT2D eigenvalue weighted by Crippen LogP contribution is -2.26. The molecule has 1 N–H and O–H groups in total. The average Bonchev–Trinajstić information content (AvgIpc) is 2.39. The average molecular weight is 265 g/mol. The first-order valence-corrected chi connectivity index (χ1v) is 6.50. The number of aryl methyl sites for hydroxylation is 1. The van der Waals surface area contributed by atoms with Gasteiger partial charge in [0.05, 0.1) is 6.61 Å². The van der Waals surface area contributed by atoms with Gasteiger partial charge in [-0.05, 0) is 43.5 Å². The van der Waals surface area contributed by atoms with Crippen molar-refractivity contribution in [1.29, 1.82) is 0 Å². The first-order chi connectivity index (χ1) is 9.20. The van der Waals surface area contributed by atoms with Crippen LogP contribution in [0.1, 0.15) is 18.1 Å². The van der Waals surface area contributed by atoms with E-state index in [-0.39, 0.29) is 6.09 Å². The molecule has 1 aliphatic rings. The van der Waals surface area contributed by atoms with Crippen molar-refractivity contribution < 1.29 is 19.0 Å². The van der Waals surface area contributed by atoms with Crippen LogP contribution in [-0.4, -0.2) is 32.5 Å². The highest BCUT2D eigenvalue weighted by Crippen LogP contribution is 2.33. The summed E-state index contributed by atoms with van der Waals surface area (Å²) < 4.78 is 15.9. The van der Waals surface area contributed by atoms with Gasteiger partial charge >= 0.3 is 6.09 Å². The van der Waals surface area contributed by atoms with Gasteiger partial charge in [-0.1, -0.05) is 0 Å². The fraction of sp³-hybridized carbons (Fsp3) is 0.500. The molecule has 19 heavy (non-hydrogen) atoms. The molecule has 0 aliphatic carbocycles. The van der Waals surface area contributed by atoms with E-state index in [4.69, 9.17) is 14.2 Å². The molecule has 5 nitrogen and oxygen atoms in total. The van der Waals surface area contributed by atoms with Crippen molar-refractivity contribution in [2.75, 3.05) is 26.4 Å². The quantitative estimate of drug-likeness (QED) is 0.905. The molecule has 0 bridgehead atoms. The second-order valence-electron chi connectivity index (χ2n) is 4.32. The maximum absolute atomic E-state index is 11.2. The van der Waals surface area contributed by atoms with Crippen LogP contribution in [0.15, 0.2) is 12.1 Å². The van der Waals surface area contributed by atoms with Crippen molar-refractivity contribution in [1.82, 2.24) is 5.32 Å². The lowest BCUT2D eigenvalue weighted by Gasteiger charge is -2.20. The molecule has 1 aromatic rings. The van der Waals surface area contributed by atoms with Gasteiger partial charge in [0.2, 0.25) is 0 Å². The maximum atomic E-state index is 11.2. The Balaban J connectivity index is 1.95. The minimum atomic E-state index is -0.377. The van der Waals surface area contributed by atoms with Crippen LogP contribution < -0.4 is 14.8 Å². The Bertz CT molecular complexity index is 459. The number of benzene rings is 1. The Morgan fingerprint density at radius 1 is 1.32 bits per heavy atom. The Morgan fingerprint density at radius 3 is 2.68 bits per heavy atom. The standard InChI is InChI=1S/C14H19NO4/c1-3-17-14(16)15-5-4-11-9-13-12(8-10(11)2)18-6-7-19-13/h8-9H,3-7H2,1-2H3,(H,15,16). The molecular weight excluding hydrogens is 246 g/mol. The van der Waals surface area contributed by atoms with Gasteiger partial charge in [-0.2, -0.15) is 0 Å². The molecule has 0 spiro atoms. The summed E-state index contributed by atoms with van der Waals surface area (Å²) in [6, 6.07) is 3.96. The van der Waals surface area contributed by atoms with Gasteiger partial charge in [0.1, 0.15) is 13.2 Å². The Morgan fingerprint density at radius 2 is 2.00 bits per heavy atom. The second-order valence-corrected chi connectivity index (χ2v) is 4.32. The van der Waals surface area contributed by atoms with Crippen LogP contribution in [0.25, 0.3) is 0 Å². The molecule has 0 unspecified atom stereocenters. The van der Waals surface area contributed by atoms with Gasteiger partial charge in [0.15, 0.2) is 11.5 Å². The molecule has 5 heteroatoms. The van der Waals surface area contributed by atoms with E-state index < -0.39 is 0 Å². The largest absolute Gasteiger partial charge is 0.486 e. The van der Waals surface area contributed by atoms with Crippen molar-refractivity contribution in [3.05, 3.63) is 23.3 Å². The topological polar surface area (TPSA) is 56.8 Å². The smallest absolute Gasteiger partial charge is 0.407 e. The molecule has 1 amide bonds. The van der Waals surface area contributed by atoms with E-state index in [1.807, 2.05) is 19.1 Å². The van der Waals surface area contributed by atoms with E-state index in [1.165, 1.54) is 0 Å². The normalized spacial score (nSPS) is 12.9. The molecule has 0 atom stereocenters. The van der Waals surface area contributed by atoms with Crippen LogP contribution in [-0.2, 0) is 11.2 Å². The number of rotatable bonds is 4. The maximum Gasteiger partial charge on any atom is 0.407 e. The predicted octanol–water partition coefficient (Wildman–Crippen LogP) is 2.05. The summed E-state index contributed by atoms with van der Waals surface area (Å²) in [5, 5.41) is 2.71. The van der Waals surface area contributed by atoms with Crippen LogP contribution in [0.4, 0.5) is 4.79 Å². The summed E-state index contributed by atoms with van der Waals surface area (Å²) in [4.78, 5) is 11.2. The highest BCUT2D eigenvalue weighted by atomic mass is 16.6. The zero-order valence-electron chi connectivity index (χ0n) is 11.3. The number of fused-ring (bicyclic) bond motifs is 1. The molecule has 104 valence electrons. The lowest BCUT2D eigenvalue weighted by atomic mass is 10.0. The molecule has 2 rings (SSSR count). The first-order valence-electron chi connectivity index (χ1n) is 6.50. The van der Waals surface area contributed by atoms with Gasteiger partial charge in [0.25, 0.3) is 0 Å². The summed E-state index contributed by atoms with van der Waals surface area (Å²) in [6.45, 7) is 5.91. The number of ether oxygens (including phenoxy) is 3. The monoisotopic (exact) mass is 265 g/mol. The molecular formula is C14H19NO4. The Kier molecular flexibility index (Phi) is 4.49. The van der Waals surface area contributed by atoms with Crippen LogP contribution in [0.2, 0.25) is 0 Å². The molecule has 0 fully saturated rings. The third-order valence-electron chi connectivity index (χ3n) is 2.94. The van der Waals surface area contributed by atoms with Crippen molar-refractivity contribution in [2.24, 2.45) is 0 Å². The zero-order valence-corrected chi connectivity index (χ0v) is 11.3. The number of hydrogen-bond donors (Lipinski definition) is 1. The number of carbonyl (C=O) groups is 1. The van der Waals surface area contributed by atoms with Gasteiger partial charge < -0.3 is 19.5 Å². The van der Waals surface area contributed by atoms with Crippen molar-refractivity contribution in [2.45, 2.75) is 20.3 Å². The zero-order chi connectivity index (χ0) is 13.7. The minimum absolute atomic E-state index is 0.377. The summed E-state index contributed by atoms with van der Waals surface area (Å²) in [5.74, 6) is 1.58. The fourth-order valence-corrected chi connectivity index (χ4v) is 1.98.